The summed E-state index contributed by atoms with van der Waals surface area (Å²) in [5, 5.41) is 3.29. The molecule has 0 aromatic carbocycles. The molecule has 1 aliphatic rings. The van der Waals surface area contributed by atoms with Gasteiger partial charge in [-0.05, 0) is 19.3 Å². The number of nitrogens with one attached hydrogen (secondary N) is 2. The third-order valence-corrected chi connectivity index (χ3v) is 3.49. The standard InChI is InChI=1S/C13H23N5O/c1-2-11-12(16-9-17-13(11)18-14)15-7-8-19-10-5-3-4-6-10/h9-10H,2-8,14H2,1H3,(H2,15,16,17,18). The van der Waals surface area contributed by atoms with Crippen molar-refractivity contribution >= 4 is 11.6 Å². The summed E-state index contributed by atoms with van der Waals surface area (Å²) in [5.41, 5.74) is 3.61. The highest BCUT2D eigenvalue weighted by molar-refractivity contribution is 5.56. The molecule has 0 unspecified atom stereocenters. The first-order valence-electron chi connectivity index (χ1n) is 7.01. The zero-order valence-electron chi connectivity index (χ0n) is 11.5. The predicted molar refractivity (Wildman–Crippen MR) is 75.9 cm³/mol. The highest BCUT2D eigenvalue weighted by Crippen LogP contribution is 2.21. The zero-order valence-corrected chi connectivity index (χ0v) is 11.5. The molecule has 0 aliphatic heterocycles. The molecule has 1 saturated carbocycles. The van der Waals surface area contributed by atoms with E-state index in [-0.39, 0.29) is 0 Å². The van der Waals surface area contributed by atoms with Gasteiger partial charge in [-0.1, -0.05) is 19.8 Å². The second-order valence-electron chi connectivity index (χ2n) is 4.75. The lowest BCUT2D eigenvalue weighted by Gasteiger charge is -2.14. The molecule has 6 heteroatoms. The predicted octanol–water partition coefficient (Wildman–Crippen LogP) is 1.70. The number of nitrogens with zero attached hydrogens (tertiary/aromatic N) is 2. The van der Waals surface area contributed by atoms with Crippen molar-refractivity contribution in [2.75, 3.05) is 23.9 Å². The minimum Gasteiger partial charge on any atom is -0.376 e. The van der Waals surface area contributed by atoms with Crippen LogP contribution in [0.25, 0.3) is 0 Å². The first kappa shape index (κ1) is 14.0. The maximum atomic E-state index is 5.81. The highest BCUT2D eigenvalue weighted by Gasteiger charge is 2.15. The Bertz CT molecular complexity index is 393. The number of rotatable bonds is 7. The Balaban J connectivity index is 1.81. The Morgan fingerprint density at radius 1 is 1.32 bits per heavy atom. The van der Waals surface area contributed by atoms with Crippen molar-refractivity contribution in [3.05, 3.63) is 11.9 Å². The molecule has 1 aliphatic carbocycles. The van der Waals surface area contributed by atoms with Gasteiger partial charge in [-0.2, -0.15) is 0 Å². The van der Waals surface area contributed by atoms with E-state index in [0.717, 1.165) is 24.3 Å². The van der Waals surface area contributed by atoms with Gasteiger partial charge in [0.2, 0.25) is 0 Å². The van der Waals surface area contributed by atoms with Crippen LogP contribution in [0.5, 0.6) is 0 Å². The minimum atomic E-state index is 0.458. The van der Waals surface area contributed by atoms with Gasteiger partial charge in [0.1, 0.15) is 18.0 Å². The molecule has 106 valence electrons. The Kier molecular flexibility index (Phi) is 5.35. The summed E-state index contributed by atoms with van der Waals surface area (Å²) in [4.78, 5) is 8.36. The van der Waals surface area contributed by atoms with Crippen molar-refractivity contribution in [2.45, 2.75) is 45.1 Å². The van der Waals surface area contributed by atoms with Crippen molar-refractivity contribution in [3.63, 3.8) is 0 Å². The Morgan fingerprint density at radius 2 is 2.05 bits per heavy atom. The van der Waals surface area contributed by atoms with Crippen molar-refractivity contribution in [1.29, 1.82) is 0 Å². The lowest BCUT2D eigenvalue weighted by Crippen LogP contribution is -2.18. The van der Waals surface area contributed by atoms with Crippen LogP contribution >= 0.6 is 0 Å². The molecule has 1 fully saturated rings. The summed E-state index contributed by atoms with van der Waals surface area (Å²) in [6.45, 7) is 3.52. The molecular formula is C13H23N5O. The summed E-state index contributed by atoms with van der Waals surface area (Å²) in [6, 6.07) is 0. The lowest BCUT2D eigenvalue weighted by molar-refractivity contribution is 0.0658. The van der Waals surface area contributed by atoms with Crippen LogP contribution < -0.4 is 16.6 Å². The average molecular weight is 265 g/mol. The number of nitrogens with two attached hydrogens (primary N) is 1. The third-order valence-electron chi connectivity index (χ3n) is 3.49. The largest absolute Gasteiger partial charge is 0.376 e. The van der Waals surface area contributed by atoms with Gasteiger partial charge in [-0.25, -0.2) is 15.8 Å². The molecule has 1 aromatic rings. The summed E-state index contributed by atoms with van der Waals surface area (Å²) >= 11 is 0. The van der Waals surface area contributed by atoms with E-state index in [9.17, 15) is 0 Å². The minimum absolute atomic E-state index is 0.458. The van der Waals surface area contributed by atoms with Gasteiger partial charge in [0.25, 0.3) is 0 Å². The van der Waals surface area contributed by atoms with E-state index >= 15 is 0 Å². The topological polar surface area (TPSA) is 85.1 Å². The molecule has 2 rings (SSSR count). The quantitative estimate of drug-likeness (QED) is 0.395. The van der Waals surface area contributed by atoms with Crippen molar-refractivity contribution in [2.24, 2.45) is 5.84 Å². The van der Waals surface area contributed by atoms with E-state index in [4.69, 9.17) is 10.6 Å². The van der Waals surface area contributed by atoms with E-state index in [0.29, 0.717) is 18.5 Å². The van der Waals surface area contributed by atoms with Gasteiger partial charge in [0.05, 0.1) is 12.7 Å². The second-order valence-corrected chi connectivity index (χ2v) is 4.75. The Labute approximate surface area is 114 Å². The fourth-order valence-corrected chi connectivity index (χ4v) is 2.47. The van der Waals surface area contributed by atoms with E-state index in [2.05, 4.69) is 27.6 Å². The van der Waals surface area contributed by atoms with Crippen LogP contribution in [0.1, 0.15) is 38.2 Å². The fourth-order valence-electron chi connectivity index (χ4n) is 2.47. The van der Waals surface area contributed by atoms with Crippen LogP contribution in [-0.2, 0) is 11.2 Å². The van der Waals surface area contributed by atoms with Crippen LogP contribution in [-0.4, -0.2) is 29.2 Å². The van der Waals surface area contributed by atoms with Gasteiger partial charge < -0.3 is 15.5 Å². The van der Waals surface area contributed by atoms with Crippen molar-refractivity contribution < 1.29 is 4.74 Å². The normalized spacial score (nSPS) is 15.7. The van der Waals surface area contributed by atoms with Crippen LogP contribution in [0.3, 0.4) is 0 Å². The first-order valence-corrected chi connectivity index (χ1v) is 7.01. The van der Waals surface area contributed by atoms with E-state index < -0.39 is 0 Å². The molecule has 0 radical (unpaired) electrons. The number of nitrogen functional groups attached to an aromatic ring is 1. The molecule has 6 nitrogen and oxygen atoms in total. The monoisotopic (exact) mass is 265 g/mol. The fraction of sp³-hybridized carbons (Fsp3) is 0.692. The third kappa shape index (κ3) is 3.78. The van der Waals surface area contributed by atoms with Crippen molar-refractivity contribution in [3.8, 4) is 0 Å². The summed E-state index contributed by atoms with van der Waals surface area (Å²) in [7, 11) is 0. The molecular weight excluding hydrogens is 242 g/mol. The van der Waals surface area contributed by atoms with Gasteiger partial charge in [-0.15, -0.1) is 0 Å². The van der Waals surface area contributed by atoms with E-state index in [1.54, 1.807) is 0 Å². The first-order chi connectivity index (χ1) is 9.35. The molecule has 0 bridgehead atoms. The molecule has 0 amide bonds. The van der Waals surface area contributed by atoms with Gasteiger partial charge >= 0.3 is 0 Å². The maximum Gasteiger partial charge on any atom is 0.148 e. The van der Waals surface area contributed by atoms with Crippen LogP contribution in [0.15, 0.2) is 6.33 Å². The number of ether oxygens (including phenoxy) is 1. The summed E-state index contributed by atoms with van der Waals surface area (Å²) < 4.78 is 5.81. The SMILES string of the molecule is CCc1c(NN)ncnc1NCCOC1CCCC1. The highest BCUT2D eigenvalue weighted by atomic mass is 16.5. The Hall–Kier alpha value is -1.40. The lowest BCUT2D eigenvalue weighted by atomic mass is 10.2. The maximum absolute atomic E-state index is 5.81. The molecule has 0 spiro atoms. The van der Waals surface area contributed by atoms with Crippen LogP contribution in [0.4, 0.5) is 11.6 Å². The molecule has 1 aromatic heterocycles. The number of hydrogen-bond acceptors (Lipinski definition) is 6. The molecule has 19 heavy (non-hydrogen) atoms. The molecule has 1 heterocycles. The number of hydrazine groups is 1. The summed E-state index contributed by atoms with van der Waals surface area (Å²) in [5.74, 6) is 6.95. The summed E-state index contributed by atoms with van der Waals surface area (Å²) in [6.07, 6.45) is 7.80. The molecule has 0 atom stereocenters. The van der Waals surface area contributed by atoms with Gasteiger partial charge in [0, 0.05) is 12.1 Å². The Morgan fingerprint density at radius 3 is 2.74 bits per heavy atom. The number of hydrogen-bond donors (Lipinski definition) is 3. The van der Waals surface area contributed by atoms with Crippen LogP contribution in [0, 0.1) is 0 Å². The van der Waals surface area contributed by atoms with E-state index in [1.807, 2.05) is 0 Å². The number of aromatic nitrogens is 2. The van der Waals surface area contributed by atoms with Crippen LogP contribution in [0.2, 0.25) is 0 Å². The smallest absolute Gasteiger partial charge is 0.148 e. The van der Waals surface area contributed by atoms with Gasteiger partial charge in [0.15, 0.2) is 0 Å². The molecule has 4 N–H and O–H groups in total. The molecule has 0 saturated heterocycles. The zero-order chi connectivity index (χ0) is 13.5. The number of anilines is 2. The average Bonchev–Trinajstić information content (AvgIpc) is 2.96. The van der Waals surface area contributed by atoms with Crippen molar-refractivity contribution in [1.82, 2.24) is 9.97 Å². The van der Waals surface area contributed by atoms with Gasteiger partial charge in [-0.3, -0.25) is 0 Å². The second kappa shape index (κ2) is 7.25. The van der Waals surface area contributed by atoms with E-state index in [1.165, 1.54) is 32.0 Å².